The number of aliphatic hydroxyl groups is 2. The Morgan fingerprint density at radius 3 is 1.38 bits per heavy atom. The van der Waals surface area contributed by atoms with Crippen molar-refractivity contribution in [3.8, 4) is 0 Å². The second-order valence-corrected chi connectivity index (χ2v) is 16.6. The Balaban J connectivity index is 4.66. The van der Waals surface area contributed by atoms with E-state index in [4.69, 9.17) is 4.74 Å². The lowest BCUT2D eigenvalue weighted by atomic mass is 10.0. The average Bonchev–Trinajstić information content (AvgIpc) is 3.24. The summed E-state index contributed by atoms with van der Waals surface area (Å²) in [6, 6.07) is -0.720. The van der Waals surface area contributed by atoms with Crippen LogP contribution in [0.4, 0.5) is 0 Å². The fraction of sp³-hybridized carbons (Fsp3) is 0.704. The van der Waals surface area contributed by atoms with Gasteiger partial charge in [0.25, 0.3) is 0 Å². The molecule has 0 spiro atoms. The van der Waals surface area contributed by atoms with E-state index in [1.807, 2.05) is 24.3 Å². The quantitative estimate of drug-likeness (QED) is 0.0323. The molecule has 3 N–H and O–H groups in total. The molecule has 0 saturated carbocycles. The first kappa shape index (κ1) is 57.0. The van der Waals surface area contributed by atoms with Gasteiger partial charge in [-0.1, -0.05) is 228 Å². The number of carbonyl (C=O) groups excluding carboxylic acids is 2. The smallest absolute Gasteiger partial charge is 0.306 e. The Hall–Kier alpha value is -2.96. The van der Waals surface area contributed by atoms with Crippen LogP contribution >= 0.6 is 0 Å². The van der Waals surface area contributed by atoms with E-state index >= 15 is 0 Å². The molecule has 0 aliphatic rings. The lowest BCUT2D eigenvalue weighted by Gasteiger charge is -2.24. The van der Waals surface area contributed by atoms with Crippen molar-refractivity contribution >= 4 is 11.9 Å². The van der Waals surface area contributed by atoms with Crippen LogP contribution in [0.1, 0.15) is 220 Å². The van der Waals surface area contributed by atoms with E-state index in [1.165, 1.54) is 89.9 Å². The van der Waals surface area contributed by atoms with Crippen LogP contribution in [0.2, 0.25) is 0 Å². The van der Waals surface area contributed by atoms with Crippen molar-refractivity contribution in [3.05, 3.63) is 85.1 Å². The highest BCUT2D eigenvalue weighted by Gasteiger charge is 2.24. The third kappa shape index (κ3) is 41.8. The summed E-state index contributed by atoms with van der Waals surface area (Å²) in [7, 11) is 0. The number of amides is 1. The van der Waals surface area contributed by atoms with Crippen molar-refractivity contribution < 1.29 is 24.5 Å². The molecule has 3 unspecified atom stereocenters. The molecule has 1 amide bonds. The molecular formula is C54H93NO5. The number of hydrogen-bond donors (Lipinski definition) is 3. The zero-order valence-electron chi connectivity index (χ0n) is 39.1. The Morgan fingerprint density at radius 1 is 0.500 bits per heavy atom. The summed E-state index contributed by atoms with van der Waals surface area (Å²) in [5, 5.41) is 23.7. The molecular weight excluding hydrogens is 743 g/mol. The van der Waals surface area contributed by atoms with Crippen molar-refractivity contribution in [2.75, 3.05) is 6.61 Å². The van der Waals surface area contributed by atoms with E-state index in [0.717, 1.165) is 83.5 Å². The van der Waals surface area contributed by atoms with Crippen LogP contribution in [0.5, 0.6) is 0 Å². The third-order valence-corrected chi connectivity index (χ3v) is 10.9. The maximum Gasteiger partial charge on any atom is 0.306 e. The summed E-state index contributed by atoms with van der Waals surface area (Å²) in [4.78, 5) is 26.1. The van der Waals surface area contributed by atoms with Crippen LogP contribution in [0, 0.1) is 0 Å². The normalized spacial score (nSPS) is 14.0. The van der Waals surface area contributed by atoms with Gasteiger partial charge in [-0.2, -0.15) is 0 Å². The number of aliphatic hydroxyl groups excluding tert-OH is 2. The Morgan fingerprint density at radius 2 is 0.900 bits per heavy atom. The summed E-state index contributed by atoms with van der Waals surface area (Å²) in [5.41, 5.74) is 0. The van der Waals surface area contributed by atoms with Crippen LogP contribution in [0.15, 0.2) is 85.1 Å². The van der Waals surface area contributed by atoms with E-state index in [2.05, 4.69) is 86.8 Å². The van der Waals surface area contributed by atoms with Gasteiger partial charge in [0, 0.05) is 6.42 Å². The fourth-order valence-corrected chi connectivity index (χ4v) is 7.15. The fourth-order valence-electron chi connectivity index (χ4n) is 7.15. The number of esters is 1. The van der Waals surface area contributed by atoms with Crippen molar-refractivity contribution in [2.24, 2.45) is 0 Å². The zero-order chi connectivity index (χ0) is 43.8. The predicted octanol–water partition coefficient (Wildman–Crippen LogP) is 14.8. The van der Waals surface area contributed by atoms with Gasteiger partial charge in [0.1, 0.15) is 6.10 Å². The highest BCUT2D eigenvalue weighted by Crippen LogP contribution is 2.17. The largest absolute Gasteiger partial charge is 0.462 e. The van der Waals surface area contributed by atoms with Crippen LogP contribution in [0.3, 0.4) is 0 Å². The van der Waals surface area contributed by atoms with Crippen molar-refractivity contribution in [2.45, 2.75) is 238 Å². The van der Waals surface area contributed by atoms with Gasteiger partial charge in [-0.05, 0) is 64.2 Å². The SMILES string of the molecule is CC/C=C/C=C/C=C/C=C\CCCCCC(CC(=O)NC(CO)C(O)CCCCCCCCCCCCCCC)OC(=O)CCCCCCCCC/C=C/C=C/C=C/CC. The molecule has 0 aromatic carbocycles. The second-order valence-electron chi connectivity index (χ2n) is 16.6. The Bertz CT molecular complexity index is 1160. The van der Waals surface area contributed by atoms with Crippen LogP contribution in [-0.4, -0.2) is 46.9 Å². The Labute approximate surface area is 370 Å². The van der Waals surface area contributed by atoms with E-state index in [0.29, 0.717) is 19.3 Å². The molecule has 60 heavy (non-hydrogen) atoms. The molecule has 6 nitrogen and oxygen atoms in total. The van der Waals surface area contributed by atoms with Gasteiger partial charge in [0.05, 0.1) is 25.2 Å². The van der Waals surface area contributed by atoms with Crippen molar-refractivity contribution in [1.82, 2.24) is 5.32 Å². The van der Waals surface area contributed by atoms with Gasteiger partial charge in [0.15, 0.2) is 0 Å². The summed E-state index contributed by atoms with van der Waals surface area (Å²) in [5.74, 6) is -0.532. The van der Waals surface area contributed by atoms with Crippen LogP contribution < -0.4 is 5.32 Å². The number of rotatable bonds is 43. The topological polar surface area (TPSA) is 95.9 Å². The standard InChI is InChI=1S/C54H93NO5/c1-4-7-10-13-16-19-22-25-26-29-32-35-38-41-44-47-54(59)60-50(45-42-39-36-33-30-27-23-20-17-14-11-8-5-2)48-53(58)55-51(49-56)52(57)46-43-40-37-34-31-28-24-21-18-15-12-9-6-3/h7-8,10-11,13-14,16-17,19-20,22-23,27,30,50-52,56-57H,4-6,9,12,15,18,21,24-26,28-29,31-49H2,1-3H3,(H,55,58)/b10-7+,11-8+,16-13+,17-14+,22-19+,23-20+,30-27-. The summed E-state index contributed by atoms with van der Waals surface area (Å²) in [6.45, 7) is 6.19. The van der Waals surface area contributed by atoms with E-state index in [-0.39, 0.29) is 24.9 Å². The highest BCUT2D eigenvalue weighted by atomic mass is 16.5. The van der Waals surface area contributed by atoms with Gasteiger partial charge in [-0.25, -0.2) is 0 Å². The molecule has 0 heterocycles. The second kappa shape index (κ2) is 47.1. The summed E-state index contributed by atoms with van der Waals surface area (Å²) >= 11 is 0. The predicted molar refractivity (Wildman–Crippen MR) is 259 cm³/mol. The van der Waals surface area contributed by atoms with E-state index in [9.17, 15) is 19.8 Å². The maximum atomic E-state index is 13.2. The van der Waals surface area contributed by atoms with Crippen LogP contribution in [-0.2, 0) is 14.3 Å². The molecule has 0 bridgehead atoms. The van der Waals surface area contributed by atoms with E-state index < -0.39 is 18.2 Å². The number of unbranched alkanes of at least 4 members (excludes halogenated alkanes) is 22. The number of nitrogens with one attached hydrogen (secondary N) is 1. The first-order valence-corrected chi connectivity index (χ1v) is 24.9. The van der Waals surface area contributed by atoms with E-state index in [1.54, 1.807) is 0 Å². The molecule has 0 rings (SSSR count). The van der Waals surface area contributed by atoms with Gasteiger partial charge < -0.3 is 20.3 Å². The third-order valence-electron chi connectivity index (χ3n) is 10.9. The van der Waals surface area contributed by atoms with Gasteiger partial charge in [-0.15, -0.1) is 0 Å². The molecule has 0 radical (unpaired) electrons. The summed E-state index contributed by atoms with van der Waals surface area (Å²) in [6.07, 6.45) is 60.7. The number of ether oxygens (including phenoxy) is 1. The highest BCUT2D eigenvalue weighted by molar-refractivity contribution is 5.77. The lowest BCUT2D eigenvalue weighted by Crippen LogP contribution is -2.46. The minimum absolute atomic E-state index is 0.0424. The molecule has 0 fully saturated rings. The van der Waals surface area contributed by atoms with Crippen molar-refractivity contribution in [3.63, 3.8) is 0 Å². The van der Waals surface area contributed by atoms with Crippen LogP contribution in [0.25, 0.3) is 0 Å². The minimum atomic E-state index is -0.804. The Kier molecular flexibility index (Phi) is 44.8. The molecule has 0 aliphatic carbocycles. The minimum Gasteiger partial charge on any atom is -0.462 e. The number of hydrogen-bond acceptors (Lipinski definition) is 5. The molecule has 0 aromatic heterocycles. The van der Waals surface area contributed by atoms with Gasteiger partial charge >= 0.3 is 5.97 Å². The molecule has 6 heteroatoms. The number of allylic oxidation sites excluding steroid dienone is 14. The molecule has 0 saturated heterocycles. The molecule has 3 atom stereocenters. The lowest BCUT2D eigenvalue weighted by molar-refractivity contribution is -0.151. The van der Waals surface area contributed by atoms with Gasteiger partial charge in [0.2, 0.25) is 5.91 Å². The molecule has 0 aliphatic heterocycles. The monoisotopic (exact) mass is 836 g/mol. The van der Waals surface area contributed by atoms with Crippen molar-refractivity contribution in [1.29, 1.82) is 0 Å². The first-order valence-electron chi connectivity index (χ1n) is 24.9. The average molecular weight is 836 g/mol. The number of carbonyl (C=O) groups is 2. The van der Waals surface area contributed by atoms with Gasteiger partial charge in [-0.3, -0.25) is 9.59 Å². The maximum absolute atomic E-state index is 13.2. The zero-order valence-corrected chi connectivity index (χ0v) is 39.1. The summed E-state index contributed by atoms with van der Waals surface area (Å²) < 4.78 is 5.90. The molecule has 344 valence electrons. The molecule has 0 aromatic rings. The first-order chi connectivity index (χ1) is 29.5.